The number of benzene rings is 1. The van der Waals surface area contributed by atoms with Crippen molar-refractivity contribution >= 4 is 5.78 Å². The molecule has 0 aromatic heterocycles. The van der Waals surface area contributed by atoms with Crippen LogP contribution in [0.15, 0.2) is 30.3 Å². The fourth-order valence-corrected chi connectivity index (χ4v) is 1.88. The average molecular weight is 270 g/mol. The van der Waals surface area contributed by atoms with Crippen LogP contribution in [-0.2, 0) is 4.79 Å². The van der Waals surface area contributed by atoms with Crippen LogP contribution in [0.3, 0.4) is 0 Å². The summed E-state index contributed by atoms with van der Waals surface area (Å²) in [6.07, 6.45) is 0.880. The highest BCUT2D eigenvalue weighted by Crippen LogP contribution is 2.33. The number of aliphatic hydroxyl groups is 1. The number of Topliss-reactive ketones (excluding diaryl/α,β-unsaturated/α-hetero) is 1. The van der Waals surface area contributed by atoms with Crippen molar-refractivity contribution in [3.8, 4) is 0 Å². The van der Waals surface area contributed by atoms with Gasteiger partial charge in [0.05, 0.1) is 0 Å². The van der Waals surface area contributed by atoms with Gasteiger partial charge in [-0.25, -0.2) is 0 Å². The summed E-state index contributed by atoms with van der Waals surface area (Å²) in [5.41, 5.74) is 0.0643. The third-order valence-corrected chi connectivity index (χ3v) is 3.09. The number of unbranched alkanes of at least 4 members (excludes halogenated alkanes) is 3. The Hall–Kier alpha value is -1.29. The molecule has 0 spiro atoms. The zero-order valence-electron chi connectivity index (χ0n) is 11.1. The van der Waals surface area contributed by atoms with Gasteiger partial charge in [0.2, 0.25) is 5.78 Å². The van der Waals surface area contributed by atoms with Gasteiger partial charge in [0.15, 0.2) is 0 Å². The minimum Gasteiger partial charge on any atom is -0.382 e. The van der Waals surface area contributed by atoms with Gasteiger partial charge in [-0.05, 0) is 12.0 Å². The van der Waals surface area contributed by atoms with E-state index in [0.717, 1.165) is 19.3 Å². The van der Waals surface area contributed by atoms with Crippen LogP contribution in [-0.4, -0.2) is 16.8 Å². The van der Waals surface area contributed by atoms with Crippen molar-refractivity contribution in [2.24, 2.45) is 0 Å². The predicted molar refractivity (Wildman–Crippen MR) is 70.1 cm³/mol. The molecule has 0 aliphatic carbocycles. The zero-order chi connectivity index (χ0) is 14.3. The van der Waals surface area contributed by atoms with Gasteiger partial charge in [-0.1, -0.05) is 56.5 Å². The molecule has 0 bridgehead atoms. The number of rotatable bonds is 8. The summed E-state index contributed by atoms with van der Waals surface area (Å²) in [4.78, 5) is 11.5. The second kappa shape index (κ2) is 7.34. The lowest BCUT2D eigenvalue weighted by atomic mass is 9.97. The van der Waals surface area contributed by atoms with E-state index in [1.165, 1.54) is 12.1 Å². The molecular formula is C15H20F2O2. The molecular weight excluding hydrogens is 250 g/mol. The first-order chi connectivity index (χ1) is 9.00. The van der Waals surface area contributed by atoms with E-state index in [0.29, 0.717) is 6.42 Å². The standard InChI is InChI=1S/C15H20F2O2/c1-2-3-4-8-11-13(18)15(16,17)14(19)12-9-6-5-7-10-12/h5-7,9-10,14,19H,2-4,8,11H2,1H3/t14-/m1/s1. The summed E-state index contributed by atoms with van der Waals surface area (Å²) >= 11 is 0. The van der Waals surface area contributed by atoms with Crippen LogP contribution in [0.5, 0.6) is 0 Å². The highest BCUT2D eigenvalue weighted by molar-refractivity contribution is 5.86. The molecule has 0 saturated heterocycles. The van der Waals surface area contributed by atoms with Crippen LogP contribution in [0.2, 0.25) is 0 Å². The molecule has 0 saturated carbocycles. The van der Waals surface area contributed by atoms with E-state index in [9.17, 15) is 18.7 Å². The minimum absolute atomic E-state index is 0.0643. The van der Waals surface area contributed by atoms with Gasteiger partial charge in [-0.2, -0.15) is 8.78 Å². The predicted octanol–water partition coefficient (Wildman–Crippen LogP) is 3.89. The summed E-state index contributed by atoms with van der Waals surface area (Å²) in [6.45, 7) is 2.01. The molecule has 2 nitrogen and oxygen atoms in total. The molecule has 0 unspecified atom stereocenters. The summed E-state index contributed by atoms with van der Waals surface area (Å²) < 4.78 is 27.6. The maximum absolute atomic E-state index is 13.8. The third-order valence-electron chi connectivity index (χ3n) is 3.09. The SMILES string of the molecule is CCCCCCC(=O)C(F)(F)[C@H](O)c1ccccc1. The molecule has 0 aliphatic heterocycles. The van der Waals surface area contributed by atoms with E-state index in [4.69, 9.17) is 0 Å². The van der Waals surface area contributed by atoms with Crippen molar-refractivity contribution < 1.29 is 18.7 Å². The molecule has 0 fully saturated rings. The quantitative estimate of drug-likeness (QED) is 0.727. The summed E-state index contributed by atoms with van der Waals surface area (Å²) in [7, 11) is 0. The van der Waals surface area contributed by atoms with Gasteiger partial charge in [-0.3, -0.25) is 4.79 Å². The highest BCUT2D eigenvalue weighted by Gasteiger charge is 2.46. The first-order valence-corrected chi connectivity index (χ1v) is 6.64. The highest BCUT2D eigenvalue weighted by atomic mass is 19.3. The van der Waals surface area contributed by atoms with Crippen molar-refractivity contribution in [3.63, 3.8) is 0 Å². The number of hydrogen-bond acceptors (Lipinski definition) is 2. The maximum atomic E-state index is 13.8. The maximum Gasteiger partial charge on any atom is 0.334 e. The Balaban J connectivity index is 2.61. The number of carbonyl (C=O) groups is 1. The van der Waals surface area contributed by atoms with E-state index < -0.39 is 17.8 Å². The number of aliphatic hydroxyl groups excluding tert-OH is 1. The number of carbonyl (C=O) groups excluding carboxylic acids is 1. The first kappa shape index (κ1) is 15.8. The molecule has 0 radical (unpaired) electrons. The fraction of sp³-hybridized carbons (Fsp3) is 0.533. The van der Waals surface area contributed by atoms with Gasteiger partial charge in [0, 0.05) is 6.42 Å². The van der Waals surface area contributed by atoms with Crippen molar-refractivity contribution in [1.29, 1.82) is 0 Å². The second-order valence-electron chi connectivity index (χ2n) is 4.67. The van der Waals surface area contributed by atoms with Crippen LogP contribution in [0.1, 0.15) is 50.7 Å². The summed E-state index contributed by atoms with van der Waals surface area (Å²) in [6, 6.07) is 7.56. The van der Waals surface area contributed by atoms with Crippen molar-refractivity contribution in [2.75, 3.05) is 0 Å². The Morgan fingerprint density at radius 2 is 1.84 bits per heavy atom. The molecule has 4 heteroatoms. The van der Waals surface area contributed by atoms with E-state index in [1.54, 1.807) is 18.2 Å². The van der Waals surface area contributed by atoms with Crippen molar-refractivity contribution in [2.45, 2.75) is 51.1 Å². The first-order valence-electron chi connectivity index (χ1n) is 6.64. The van der Waals surface area contributed by atoms with Crippen LogP contribution < -0.4 is 0 Å². The number of halogens is 2. The number of ketones is 1. The van der Waals surface area contributed by atoms with E-state index in [1.807, 2.05) is 6.92 Å². The van der Waals surface area contributed by atoms with Crippen LogP contribution >= 0.6 is 0 Å². The monoisotopic (exact) mass is 270 g/mol. The molecule has 1 atom stereocenters. The lowest BCUT2D eigenvalue weighted by Gasteiger charge is -2.21. The third kappa shape index (κ3) is 4.39. The Morgan fingerprint density at radius 1 is 1.21 bits per heavy atom. The van der Waals surface area contributed by atoms with Gasteiger partial charge >= 0.3 is 5.92 Å². The molecule has 1 aromatic carbocycles. The van der Waals surface area contributed by atoms with Gasteiger partial charge < -0.3 is 5.11 Å². The van der Waals surface area contributed by atoms with Crippen LogP contribution in [0, 0.1) is 0 Å². The zero-order valence-corrected chi connectivity index (χ0v) is 11.1. The Labute approximate surface area is 112 Å². The Kier molecular flexibility index (Phi) is 6.09. The fourth-order valence-electron chi connectivity index (χ4n) is 1.88. The smallest absolute Gasteiger partial charge is 0.334 e. The normalized spacial score (nSPS) is 13.3. The topological polar surface area (TPSA) is 37.3 Å². The van der Waals surface area contributed by atoms with Gasteiger partial charge in [0.25, 0.3) is 0 Å². The lowest BCUT2D eigenvalue weighted by Crippen LogP contribution is -2.35. The van der Waals surface area contributed by atoms with Crippen LogP contribution in [0.4, 0.5) is 8.78 Å². The average Bonchev–Trinajstić information content (AvgIpc) is 2.43. The van der Waals surface area contributed by atoms with Crippen molar-refractivity contribution in [3.05, 3.63) is 35.9 Å². The minimum atomic E-state index is -3.71. The Bertz CT molecular complexity index is 390. The number of alkyl halides is 2. The molecule has 0 amide bonds. The molecule has 106 valence electrons. The lowest BCUT2D eigenvalue weighted by molar-refractivity contribution is -0.161. The van der Waals surface area contributed by atoms with Crippen molar-refractivity contribution in [1.82, 2.24) is 0 Å². The van der Waals surface area contributed by atoms with Crippen LogP contribution in [0.25, 0.3) is 0 Å². The molecule has 1 N–H and O–H groups in total. The van der Waals surface area contributed by atoms with Gasteiger partial charge in [0.1, 0.15) is 6.10 Å². The molecule has 0 heterocycles. The van der Waals surface area contributed by atoms with E-state index in [2.05, 4.69) is 0 Å². The molecule has 1 rings (SSSR count). The second-order valence-corrected chi connectivity index (χ2v) is 4.67. The van der Waals surface area contributed by atoms with E-state index >= 15 is 0 Å². The largest absolute Gasteiger partial charge is 0.382 e. The van der Waals surface area contributed by atoms with Gasteiger partial charge in [-0.15, -0.1) is 0 Å². The summed E-state index contributed by atoms with van der Waals surface area (Å²) in [5.74, 6) is -4.90. The molecule has 0 aliphatic rings. The summed E-state index contributed by atoms with van der Waals surface area (Å²) in [5, 5.41) is 9.65. The van der Waals surface area contributed by atoms with E-state index in [-0.39, 0.29) is 12.0 Å². The molecule has 19 heavy (non-hydrogen) atoms. The Morgan fingerprint density at radius 3 is 2.42 bits per heavy atom. The number of hydrogen-bond donors (Lipinski definition) is 1. The molecule has 1 aromatic rings.